The Kier molecular flexibility index (Phi) is 8.26. The number of carbonyl (C=O) groups excluding carboxylic acids is 2. The predicted molar refractivity (Wildman–Crippen MR) is 98.2 cm³/mol. The highest BCUT2D eigenvalue weighted by atomic mass is 16.7. The van der Waals surface area contributed by atoms with Gasteiger partial charge in [-0.1, -0.05) is 0 Å². The molecule has 0 unspecified atom stereocenters. The molecule has 1 aliphatic rings. The van der Waals surface area contributed by atoms with E-state index in [9.17, 15) is 24.3 Å². The number of ketones is 1. The van der Waals surface area contributed by atoms with E-state index in [0.29, 0.717) is 6.61 Å². The number of H-pyrrole nitrogens is 1. The molecule has 1 aliphatic heterocycles. The fourth-order valence-electron chi connectivity index (χ4n) is 2.87. The number of esters is 1. The Bertz CT molecular complexity index is 831. The van der Waals surface area contributed by atoms with E-state index in [-0.39, 0.29) is 31.0 Å². The van der Waals surface area contributed by atoms with Gasteiger partial charge in [0.2, 0.25) is 0 Å². The molecule has 0 aliphatic carbocycles. The van der Waals surface area contributed by atoms with E-state index in [1.807, 2.05) is 0 Å². The minimum atomic E-state index is -1.08. The summed E-state index contributed by atoms with van der Waals surface area (Å²) < 4.78 is 23.1. The van der Waals surface area contributed by atoms with Crippen molar-refractivity contribution >= 4 is 11.8 Å². The number of carbonyl (C=O) groups is 2. The van der Waals surface area contributed by atoms with Gasteiger partial charge in [-0.05, 0) is 20.8 Å². The molecule has 2 rings (SSSR count). The first kappa shape index (κ1) is 22.9. The van der Waals surface area contributed by atoms with E-state index in [4.69, 9.17) is 18.9 Å². The standard InChI is InChI=1S/C18H26N2O9/c1-4-26-9-27-15-14(29-13(23)6-5-11(3)22)12(8-21)28-17(15)20-7-10(2)16(24)19-18(20)25/h7,12,14-15,17,21H,4-6,8-9H2,1-3H3,(H,19,24,25)/t12-,14-,15-,17-/m1/s1. The quantitative estimate of drug-likeness (QED) is 0.291. The molecule has 0 radical (unpaired) electrons. The number of aromatic nitrogens is 2. The van der Waals surface area contributed by atoms with Crippen LogP contribution >= 0.6 is 0 Å². The summed E-state index contributed by atoms with van der Waals surface area (Å²) in [4.78, 5) is 49.4. The van der Waals surface area contributed by atoms with Crippen LogP contribution in [0.4, 0.5) is 0 Å². The first-order valence-electron chi connectivity index (χ1n) is 9.25. The van der Waals surface area contributed by atoms with Gasteiger partial charge in [-0.2, -0.15) is 0 Å². The van der Waals surface area contributed by atoms with E-state index in [1.165, 1.54) is 20.0 Å². The minimum Gasteiger partial charge on any atom is -0.456 e. The van der Waals surface area contributed by atoms with E-state index < -0.39 is 48.4 Å². The number of Topliss-reactive ketones (excluding diaryl/α,β-unsaturated/α-hetero) is 1. The molecule has 162 valence electrons. The fourth-order valence-corrected chi connectivity index (χ4v) is 2.87. The van der Waals surface area contributed by atoms with Crippen LogP contribution in [0.2, 0.25) is 0 Å². The monoisotopic (exact) mass is 414 g/mol. The second-order valence-corrected chi connectivity index (χ2v) is 6.62. The third kappa shape index (κ3) is 5.82. The number of rotatable bonds is 10. The number of ether oxygens (including phenoxy) is 4. The van der Waals surface area contributed by atoms with E-state index in [0.717, 1.165) is 4.57 Å². The van der Waals surface area contributed by atoms with E-state index >= 15 is 0 Å². The van der Waals surface area contributed by atoms with Crippen LogP contribution in [0.25, 0.3) is 0 Å². The van der Waals surface area contributed by atoms with Gasteiger partial charge in [0.25, 0.3) is 5.56 Å². The second kappa shape index (κ2) is 10.4. The number of aliphatic hydroxyl groups excluding tert-OH is 1. The van der Waals surface area contributed by atoms with Crippen molar-refractivity contribution in [3.8, 4) is 0 Å². The van der Waals surface area contributed by atoms with Gasteiger partial charge in [-0.25, -0.2) is 4.79 Å². The van der Waals surface area contributed by atoms with Crippen LogP contribution in [-0.4, -0.2) is 64.7 Å². The molecule has 11 heteroatoms. The van der Waals surface area contributed by atoms with Crippen LogP contribution < -0.4 is 11.2 Å². The number of hydrogen-bond acceptors (Lipinski definition) is 9. The van der Waals surface area contributed by atoms with Crippen molar-refractivity contribution in [3.05, 3.63) is 32.6 Å². The highest BCUT2D eigenvalue weighted by Crippen LogP contribution is 2.33. The number of aromatic amines is 1. The Morgan fingerprint density at radius 3 is 2.62 bits per heavy atom. The first-order chi connectivity index (χ1) is 13.8. The summed E-state index contributed by atoms with van der Waals surface area (Å²) in [5, 5.41) is 9.69. The third-order valence-electron chi connectivity index (χ3n) is 4.38. The lowest BCUT2D eigenvalue weighted by molar-refractivity contribution is -0.168. The van der Waals surface area contributed by atoms with Crippen molar-refractivity contribution in [2.45, 2.75) is 58.2 Å². The largest absolute Gasteiger partial charge is 0.456 e. The first-order valence-corrected chi connectivity index (χ1v) is 9.25. The molecule has 1 saturated heterocycles. The highest BCUT2D eigenvalue weighted by molar-refractivity contribution is 5.81. The Morgan fingerprint density at radius 1 is 1.28 bits per heavy atom. The number of nitrogens with zero attached hydrogens (tertiary/aromatic N) is 1. The Labute approximate surface area is 166 Å². The maximum Gasteiger partial charge on any atom is 0.330 e. The number of nitrogens with one attached hydrogen (secondary N) is 1. The Balaban J connectivity index is 2.31. The van der Waals surface area contributed by atoms with Crippen LogP contribution in [0, 0.1) is 6.92 Å². The molecule has 0 saturated carbocycles. The van der Waals surface area contributed by atoms with Crippen molar-refractivity contribution in [3.63, 3.8) is 0 Å². The summed E-state index contributed by atoms with van der Waals surface area (Å²) >= 11 is 0. The van der Waals surface area contributed by atoms with Crippen LogP contribution in [-0.2, 0) is 28.5 Å². The Hall–Kier alpha value is -2.34. The van der Waals surface area contributed by atoms with Crippen molar-refractivity contribution in [2.75, 3.05) is 20.0 Å². The number of aryl methyl sites for hydroxylation is 1. The lowest BCUT2D eigenvalue weighted by Gasteiger charge is -2.24. The maximum atomic E-state index is 12.3. The fraction of sp³-hybridized carbons (Fsp3) is 0.667. The summed E-state index contributed by atoms with van der Waals surface area (Å²) in [5.41, 5.74) is -1.02. The van der Waals surface area contributed by atoms with Gasteiger partial charge in [-0.15, -0.1) is 0 Å². The van der Waals surface area contributed by atoms with Gasteiger partial charge in [0.15, 0.2) is 12.3 Å². The van der Waals surface area contributed by atoms with Crippen LogP contribution in [0.3, 0.4) is 0 Å². The summed E-state index contributed by atoms with van der Waals surface area (Å²) in [6, 6.07) is 0. The van der Waals surface area contributed by atoms with Crippen molar-refractivity contribution in [2.24, 2.45) is 0 Å². The highest BCUT2D eigenvalue weighted by Gasteiger charge is 2.49. The lowest BCUT2D eigenvalue weighted by atomic mass is 10.1. The molecular formula is C18H26N2O9. The van der Waals surface area contributed by atoms with Crippen molar-refractivity contribution in [1.82, 2.24) is 9.55 Å². The molecule has 29 heavy (non-hydrogen) atoms. The zero-order valence-corrected chi connectivity index (χ0v) is 16.6. The van der Waals surface area contributed by atoms with Gasteiger partial charge < -0.3 is 28.8 Å². The van der Waals surface area contributed by atoms with Gasteiger partial charge in [-0.3, -0.25) is 19.1 Å². The zero-order chi connectivity index (χ0) is 21.6. The zero-order valence-electron chi connectivity index (χ0n) is 16.6. The van der Waals surface area contributed by atoms with Gasteiger partial charge in [0.05, 0.1) is 13.0 Å². The smallest absolute Gasteiger partial charge is 0.330 e. The third-order valence-corrected chi connectivity index (χ3v) is 4.38. The molecule has 1 fully saturated rings. The van der Waals surface area contributed by atoms with E-state index in [1.54, 1.807) is 6.92 Å². The molecule has 4 atom stereocenters. The molecule has 0 aromatic carbocycles. The van der Waals surface area contributed by atoms with Gasteiger partial charge in [0.1, 0.15) is 24.8 Å². The normalized spacial score (nSPS) is 23.9. The summed E-state index contributed by atoms with van der Waals surface area (Å²) in [5.74, 6) is -0.830. The van der Waals surface area contributed by atoms with Crippen LogP contribution in [0.15, 0.2) is 15.8 Å². The molecular weight excluding hydrogens is 388 g/mol. The van der Waals surface area contributed by atoms with Crippen LogP contribution in [0.5, 0.6) is 0 Å². The van der Waals surface area contributed by atoms with Gasteiger partial charge >= 0.3 is 11.7 Å². The molecule has 0 spiro atoms. The molecule has 2 heterocycles. The van der Waals surface area contributed by atoms with Crippen molar-refractivity contribution < 1.29 is 33.6 Å². The van der Waals surface area contributed by atoms with Gasteiger partial charge in [0, 0.05) is 24.8 Å². The maximum absolute atomic E-state index is 12.3. The summed E-state index contributed by atoms with van der Waals surface area (Å²) in [7, 11) is 0. The number of aliphatic hydroxyl groups is 1. The molecule has 2 N–H and O–H groups in total. The predicted octanol–water partition coefficient (Wildman–Crippen LogP) is -0.605. The van der Waals surface area contributed by atoms with E-state index in [2.05, 4.69) is 4.98 Å². The lowest BCUT2D eigenvalue weighted by Crippen LogP contribution is -2.42. The number of hydrogen-bond donors (Lipinski definition) is 2. The van der Waals surface area contributed by atoms with Crippen LogP contribution in [0.1, 0.15) is 38.5 Å². The SMILES string of the molecule is CCOCO[C@@H]1[C@H](OC(=O)CCC(C)=O)[C@@H](CO)O[C@H]1n1cc(C)c(=O)[nH]c1=O. The average Bonchev–Trinajstić information content (AvgIpc) is 3.00. The average molecular weight is 414 g/mol. The molecule has 0 amide bonds. The Morgan fingerprint density at radius 2 is 2.00 bits per heavy atom. The topological polar surface area (TPSA) is 146 Å². The van der Waals surface area contributed by atoms with Crippen molar-refractivity contribution in [1.29, 1.82) is 0 Å². The molecule has 1 aromatic heterocycles. The summed E-state index contributed by atoms with van der Waals surface area (Å²) in [6.45, 7) is 4.32. The second-order valence-electron chi connectivity index (χ2n) is 6.62. The minimum absolute atomic E-state index is 0.0165. The summed E-state index contributed by atoms with van der Waals surface area (Å²) in [6.07, 6.45) is -2.93. The molecule has 0 bridgehead atoms. The molecule has 1 aromatic rings. The molecule has 11 nitrogen and oxygen atoms in total.